The molecule has 0 amide bonds. The number of aromatic hydroxyl groups is 1. The highest BCUT2D eigenvalue weighted by Gasteiger charge is 2.17. The minimum absolute atomic E-state index is 0.0809. The summed E-state index contributed by atoms with van der Waals surface area (Å²) in [5.74, 6) is -0.0809. The second kappa shape index (κ2) is 4.93. The Morgan fingerprint density at radius 2 is 2.04 bits per heavy atom. The summed E-state index contributed by atoms with van der Waals surface area (Å²) in [5, 5.41) is 11.8. The van der Waals surface area contributed by atoms with Gasteiger partial charge < -0.3 is 5.11 Å². The first kappa shape index (κ1) is 14.0. The van der Waals surface area contributed by atoms with Crippen LogP contribution in [0.25, 0.3) is 17.2 Å². The largest absolute Gasteiger partial charge is 0.493 e. The topological polar surface area (TPSA) is 65.5 Å². The van der Waals surface area contributed by atoms with Crippen molar-refractivity contribution in [3.8, 4) is 17.0 Å². The van der Waals surface area contributed by atoms with Gasteiger partial charge in [0.2, 0.25) is 5.88 Å². The van der Waals surface area contributed by atoms with E-state index in [9.17, 15) is 9.90 Å². The van der Waals surface area contributed by atoms with Gasteiger partial charge in [0.1, 0.15) is 0 Å². The monoisotopic (exact) mass is 322 g/mol. The van der Waals surface area contributed by atoms with E-state index in [1.807, 2.05) is 44.2 Å². The maximum atomic E-state index is 11.4. The number of nitrogens with zero attached hydrogens (tertiary/aromatic N) is 1. The van der Waals surface area contributed by atoms with Crippen LogP contribution in [0.5, 0.6) is 5.88 Å². The van der Waals surface area contributed by atoms with E-state index in [1.54, 1.807) is 0 Å². The van der Waals surface area contributed by atoms with Gasteiger partial charge in [-0.1, -0.05) is 29.5 Å². The fraction of sp³-hybridized carbons (Fsp3) is 0.111. The minimum Gasteiger partial charge on any atom is -0.493 e. The van der Waals surface area contributed by atoms with Crippen LogP contribution in [0.2, 0.25) is 0 Å². The number of thiazole rings is 1. The third kappa shape index (κ3) is 2.12. The van der Waals surface area contributed by atoms with E-state index in [0.29, 0.717) is 4.88 Å². The second-order valence-corrected chi connectivity index (χ2v) is 6.65. The summed E-state index contributed by atoms with van der Waals surface area (Å²) in [7, 11) is 0. The molecule has 3 aromatic rings. The predicted octanol–water partition coefficient (Wildman–Crippen LogP) is 2.52. The van der Waals surface area contributed by atoms with Gasteiger partial charge in [0.05, 0.1) is 15.9 Å². The van der Waals surface area contributed by atoms with Gasteiger partial charge in [-0.25, -0.2) is 4.99 Å². The molecule has 23 heavy (non-hydrogen) atoms. The fourth-order valence-corrected chi connectivity index (χ4v) is 3.71. The summed E-state index contributed by atoms with van der Waals surface area (Å²) >= 11 is 1.00. The third-order valence-corrected chi connectivity index (χ3v) is 4.96. The molecule has 0 unspecified atom stereocenters. The van der Waals surface area contributed by atoms with Crippen LogP contribution < -0.4 is 15.4 Å². The molecule has 4 nitrogen and oxygen atoms in total. The average molecular weight is 322 g/mol. The van der Waals surface area contributed by atoms with Gasteiger partial charge in [0.25, 0.3) is 0 Å². The Kier molecular flexibility index (Phi) is 2.99. The van der Waals surface area contributed by atoms with Crippen LogP contribution >= 0.6 is 11.3 Å². The minimum atomic E-state index is -0.260. The van der Waals surface area contributed by atoms with Crippen molar-refractivity contribution in [2.45, 2.75) is 13.8 Å². The normalized spacial score (nSPS) is 12.9. The molecule has 0 spiro atoms. The van der Waals surface area contributed by atoms with E-state index in [2.05, 4.69) is 11.1 Å². The molecule has 2 N–H and O–H groups in total. The smallest absolute Gasteiger partial charge is 0.307 e. The first-order chi connectivity index (χ1) is 11.0. The number of aromatic nitrogens is 1. The molecule has 0 bridgehead atoms. The number of fused-ring (bicyclic) bond motifs is 3. The SMILES string of the molecule is Cc1c/c(=C\c2sc(=O)[nH]c2O)c(C)c2c1=Nc1ccccc1-2. The molecule has 0 fully saturated rings. The third-order valence-electron chi connectivity index (χ3n) is 4.14. The molecule has 1 aliphatic heterocycles. The van der Waals surface area contributed by atoms with Crippen LogP contribution in [0, 0.1) is 13.8 Å². The maximum Gasteiger partial charge on any atom is 0.307 e. The van der Waals surface area contributed by atoms with Crippen molar-refractivity contribution < 1.29 is 5.11 Å². The quantitative estimate of drug-likeness (QED) is 0.565. The Morgan fingerprint density at radius 1 is 1.26 bits per heavy atom. The molecule has 0 atom stereocenters. The van der Waals surface area contributed by atoms with Gasteiger partial charge in [-0.2, -0.15) is 0 Å². The van der Waals surface area contributed by atoms with Gasteiger partial charge in [-0.05, 0) is 48.4 Å². The summed E-state index contributed by atoms with van der Waals surface area (Å²) in [5.41, 5.74) is 5.43. The zero-order valence-corrected chi connectivity index (χ0v) is 13.5. The zero-order valence-electron chi connectivity index (χ0n) is 12.7. The molecule has 2 heterocycles. The van der Waals surface area contributed by atoms with Crippen molar-refractivity contribution >= 4 is 23.1 Å². The lowest BCUT2D eigenvalue weighted by molar-refractivity contribution is 0.455. The summed E-state index contributed by atoms with van der Waals surface area (Å²) < 4.78 is 0. The Bertz CT molecular complexity index is 1120. The highest BCUT2D eigenvalue weighted by Crippen LogP contribution is 2.33. The second-order valence-electron chi connectivity index (χ2n) is 5.63. The predicted molar refractivity (Wildman–Crippen MR) is 92.0 cm³/mol. The number of hydrogen-bond acceptors (Lipinski definition) is 4. The van der Waals surface area contributed by atoms with Gasteiger partial charge in [0.15, 0.2) is 0 Å². The van der Waals surface area contributed by atoms with Gasteiger partial charge in [-0.3, -0.25) is 9.78 Å². The first-order valence-corrected chi connectivity index (χ1v) is 8.08. The molecule has 2 aromatic carbocycles. The number of aryl methyl sites for hydroxylation is 1. The summed E-state index contributed by atoms with van der Waals surface area (Å²) in [6.45, 7) is 4.08. The van der Waals surface area contributed by atoms with Crippen molar-refractivity contribution in [1.82, 2.24) is 4.98 Å². The average Bonchev–Trinajstić information content (AvgIpc) is 3.05. The first-order valence-electron chi connectivity index (χ1n) is 7.27. The van der Waals surface area contributed by atoms with Crippen molar-refractivity contribution in [1.29, 1.82) is 0 Å². The molecule has 4 rings (SSSR count). The molecule has 0 radical (unpaired) electrons. The fourth-order valence-electron chi connectivity index (χ4n) is 3.03. The number of hydrogen-bond donors (Lipinski definition) is 2. The maximum absolute atomic E-state index is 11.4. The Hall–Kier alpha value is -2.66. The van der Waals surface area contributed by atoms with E-state index in [0.717, 1.165) is 49.9 Å². The van der Waals surface area contributed by atoms with E-state index in [1.165, 1.54) is 0 Å². The number of para-hydroxylation sites is 1. The van der Waals surface area contributed by atoms with Crippen molar-refractivity contribution in [3.63, 3.8) is 0 Å². The van der Waals surface area contributed by atoms with Crippen LogP contribution in [-0.4, -0.2) is 10.1 Å². The summed E-state index contributed by atoms with van der Waals surface area (Å²) in [4.78, 5) is 18.8. The van der Waals surface area contributed by atoms with Crippen LogP contribution in [0.4, 0.5) is 5.69 Å². The number of nitrogens with one attached hydrogen (secondary N) is 1. The molecule has 1 aromatic heterocycles. The van der Waals surface area contributed by atoms with Crippen LogP contribution in [-0.2, 0) is 0 Å². The van der Waals surface area contributed by atoms with Gasteiger partial charge >= 0.3 is 4.87 Å². The lowest BCUT2D eigenvalue weighted by Crippen LogP contribution is -2.18. The molecule has 0 saturated carbocycles. The molecule has 0 aliphatic carbocycles. The highest BCUT2D eigenvalue weighted by atomic mass is 32.1. The zero-order chi connectivity index (χ0) is 16.1. The molecule has 0 saturated heterocycles. The van der Waals surface area contributed by atoms with E-state index < -0.39 is 0 Å². The Balaban J connectivity index is 2.05. The van der Waals surface area contributed by atoms with E-state index in [-0.39, 0.29) is 10.8 Å². The van der Waals surface area contributed by atoms with E-state index in [4.69, 9.17) is 4.99 Å². The summed E-state index contributed by atoms with van der Waals surface area (Å²) in [6.07, 6.45) is 1.85. The summed E-state index contributed by atoms with van der Waals surface area (Å²) in [6, 6.07) is 10.1. The highest BCUT2D eigenvalue weighted by molar-refractivity contribution is 7.10. The Labute approximate surface area is 136 Å². The number of aromatic amines is 1. The van der Waals surface area contributed by atoms with Crippen molar-refractivity contribution in [2.75, 3.05) is 0 Å². The molecule has 114 valence electrons. The lowest BCUT2D eigenvalue weighted by atomic mass is 9.96. The standard InChI is InChI=1S/C18H14N2O2S/c1-9-7-11(8-14-17(21)20-18(22)23-14)10(2)15-12-5-3-4-6-13(12)19-16(9)15/h3-8,21H,1-2H3,(H,20,22)/b11-8+. The molecular weight excluding hydrogens is 308 g/mol. The van der Waals surface area contributed by atoms with Crippen molar-refractivity contribution in [3.05, 3.63) is 66.6 Å². The van der Waals surface area contributed by atoms with E-state index >= 15 is 0 Å². The lowest BCUT2D eigenvalue weighted by Gasteiger charge is -2.06. The van der Waals surface area contributed by atoms with Crippen molar-refractivity contribution in [2.24, 2.45) is 4.99 Å². The molecule has 5 heteroatoms. The number of rotatable bonds is 1. The van der Waals surface area contributed by atoms with Crippen LogP contribution in [0.1, 0.15) is 16.0 Å². The Morgan fingerprint density at radius 3 is 2.78 bits per heavy atom. The number of benzene rings is 2. The molecule has 1 aliphatic rings. The van der Waals surface area contributed by atoms with Crippen LogP contribution in [0.3, 0.4) is 0 Å². The van der Waals surface area contributed by atoms with Gasteiger partial charge in [0, 0.05) is 11.1 Å². The molecular formula is C18H14N2O2S. The number of H-pyrrole nitrogens is 1. The van der Waals surface area contributed by atoms with Gasteiger partial charge in [-0.15, -0.1) is 0 Å². The van der Waals surface area contributed by atoms with Crippen LogP contribution in [0.15, 0.2) is 40.1 Å².